The third-order valence-electron chi connectivity index (χ3n) is 5.53. The van der Waals surface area contributed by atoms with Crippen molar-refractivity contribution in [3.05, 3.63) is 69.1 Å². The van der Waals surface area contributed by atoms with Crippen molar-refractivity contribution in [2.75, 3.05) is 7.11 Å². The Balaban J connectivity index is 1.62. The van der Waals surface area contributed by atoms with Gasteiger partial charge in [-0.15, -0.1) is 0 Å². The highest BCUT2D eigenvalue weighted by Crippen LogP contribution is 2.29. The molecule has 8 nitrogen and oxygen atoms in total. The van der Waals surface area contributed by atoms with Crippen LogP contribution in [0.4, 0.5) is 0 Å². The fourth-order valence-electron chi connectivity index (χ4n) is 4.11. The Morgan fingerprint density at radius 1 is 1.09 bits per heavy atom. The summed E-state index contributed by atoms with van der Waals surface area (Å²) in [7, 11) is -2.61. The van der Waals surface area contributed by atoms with E-state index in [9.17, 15) is 18.0 Å². The Hall–Kier alpha value is -3.17. The molecule has 4 rings (SSSR count). The van der Waals surface area contributed by atoms with Crippen LogP contribution in [0.2, 0.25) is 0 Å². The summed E-state index contributed by atoms with van der Waals surface area (Å²) in [4.78, 5) is 24.7. The van der Waals surface area contributed by atoms with Crippen molar-refractivity contribution in [1.82, 2.24) is 4.72 Å². The maximum Gasteiger partial charge on any atom is 0.338 e. The number of rotatable bonds is 6. The summed E-state index contributed by atoms with van der Waals surface area (Å²) in [5.74, 6) is -0.619. The smallest absolute Gasteiger partial charge is 0.338 e. The predicted octanol–water partition coefficient (Wildman–Crippen LogP) is 3.72. The molecule has 2 aromatic carbocycles. The van der Waals surface area contributed by atoms with Gasteiger partial charge >= 0.3 is 11.6 Å². The first-order valence-electron chi connectivity index (χ1n) is 10.9. The van der Waals surface area contributed by atoms with Crippen LogP contribution >= 0.6 is 0 Å². The van der Waals surface area contributed by atoms with Crippen molar-refractivity contribution in [2.45, 2.75) is 57.1 Å². The zero-order chi connectivity index (χ0) is 24.7. The number of hydrogen-bond acceptors (Lipinski definition) is 7. The van der Waals surface area contributed by atoms with Gasteiger partial charge in [-0.3, -0.25) is 0 Å². The van der Waals surface area contributed by atoms with Gasteiger partial charge in [0.15, 0.2) is 0 Å². The minimum Gasteiger partial charge on any atom is -0.495 e. The van der Waals surface area contributed by atoms with Gasteiger partial charge in [-0.05, 0) is 81.5 Å². The van der Waals surface area contributed by atoms with E-state index in [1.807, 2.05) is 12.1 Å². The van der Waals surface area contributed by atoms with Gasteiger partial charge in [-0.25, -0.2) is 22.7 Å². The van der Waals surface area contributed by atoms with Gasteiger partial charge in [0.05, 0.1) is 12.7 Å². The molecule has 0 spiro atoms. The largest absolute Gasteiger partial charge is 0.495 e. The number of fused-ring (bicyclic) bond motifs is 2. The first-order valence-corrected chi connectivity index (χ1v) is 12.4. The van der Waals surface area contributed by atoms with Gasteiger partial charge in [0, 0.05) is 22.6 Å². The zero-order valence-corrected chi connectivity index (χ0v) is 20.4. The third-order valence-corrected chi connectivity index (χ3v) is 7.31. The molecule has 0 unspecified atom stereocenters. The summed E-state index contributed by atoms with van der Waals surface area (Å²) in [5.41, 5.74) is 2.16. The average Bonchev–Trinajstić information content (AvgIpc) is 3.21. The molecule has 0 fully saturated rings. The van der Waals surface area contributed by atoms with Crippen molar-refractivity contribution < 1.29 is 27.1 Å². The molecule has 9 heteroatoms. The highest BCUT2D eigenvalue weighted by atomic mass is 32.2. The van der Waals surface area contributed by atoms with Crippen LogP contribution in [0.1, 0.15) is 54.2 Å². The van der Waals surface area contributed by atoms with E-state index in [1.165, 1.54) is 42.5 Å². The van der Waals surface area contributed by atoms with Crippen molar-refractivity contribution in [3.63, 3.8) is 0 Å². The SMILES string of the molecule is COc1ccc(C(=O)OCc2cc(=O)oc3cc4c(cc23)CCC4)cc1S(=O)(=O)NC(C)(C)C. The topological polar surface area (TPSA) is 112 Å². The second-order valence-electron chi connectivity index (χ2n) is 9.36. The predicted molar refractivity (Wildman–Crippen MR) is 127 cm³/mol. The number of benzene rings is 2. The molecule has 1 heterocycles. The summed E-state index contributed by atoms with van der Waals surface area (Å²) in [5, 5.41) is 0.723. The molecule has 3 aromatic rings. The van der Waals surface area contributed by atoms with Crippen LogP contribution in [0.25, 0.3) is 11.0 Å². The number of hydrogen-bond donors (Lipinski definition) is 1. The molecule has 1 aromatic heterocycles. The Labute approximate surface area is 197 Å². The highest BCUT2D eigenvalue weighted by molar-refractivity contribution is 7.89. The number of carbonyl (C=O) groups excluding carboxylic acids is 1. The molecule has 0 aliphatic heterocycles. The highest BCUT2D eigenvalue weighted by Gasteiger charge is 2.27. The standard InChI is InChI=1S/C25H27NO7S/c1-25(2,3)26-34(29,30)22-12-17(8-9-20(22)31-4)24(28)32-14-18-13-23(27)33-21-11-16-7-5-6-15(16)10-19(18)21/h8-13,26H,5-7,14H2,1-4H3. The molecule has 0 saturated carbocycles. The quantitative estimate of drug-likeness (QED) is 0.418. The van der Waals surface area contributed by atoms with Crippen LogP contribution in [0, 0.1) is 0 Å². The van der Waals surface area contributed by atoms with Gasteiger partial charge in [0.2, 0.25) is 10.0 Å². The summed E-state index contributed by atoms with van der Waals surface area (Å²) < 4.78 is 44.3. The fourth-order valence-corrected chi connectivity index (χ4v) is 5.73. The number of methoxy groups -OCH3 is 1. The van der Waals surface area contributed by atoms with Crippen LogP contribution in [0.5, 0.6) is 5.75 Å². The molecule has 0 atom stereocenters. The van der Waals surface area contributed by atoms with Gasteiger partial charge in [0.1, 0.15) is 22.8 Å². The number of sulfonamides is 1. The molecule has 0 saturated heterocycles. The zero-order valence-electron chi connectivity index (χ0n) is 19.6. The Kier molecular flexibility index (Phi) is 6.26. The van der Waals surface area contributed by atoms with E-state index in [0.29, 0.717) is 11.1 Å². The van der Waals surface area contributed by atoms with Crippen LogP contribution in [0.15, 0.2) is 50.5 Å². The maximum absolute atomic E-state index is 12.9. The van der Waals surface area contributed by atoms with Gasteiger partial charge in [-0.2, -0.15) is 0 Å². The molecule has 0 bridgehead atoms. The minimum atomic E-state index is -3.96. The normalized spacial score (nSPS) is 13.6. The summed E-state index contributed by atoms with van der Waals surface area (Å²) in [6, 6.07) is 9.24. The Morgan fingerprint density at radius 3 is 2.47 bits per heavy atom. The second kappa shape index (κ2) is 8.88. The van der Waals surface area contributed by atoms with E-state index in [-0.39, 0.29) is 22.8 Å². The third kappa shape index (κ3) is 5.00. The maximum atomic E-state index is 12.9. The van der Waals surface area contributed by atoms with Crippen LogP contribution < -0.4 is 15.1 Å². The number of nitrogens with one attached hydrogen (secondary N) is 1. The van der Waals surface area contributed by atoms with Crippen LogP contribution in [-0.2, 0) is 34.2 Å². The lowest BCUT2D eigenvalue weighted by Gasteiger charge is -2.21. The molecular weight excluding hydrogens is 458 g/mol. The van der Waals surface area contributed by atoms with E-state index >= 15 is 0 Å². The summed E-state index contributed by atoms with van der Waals surface area (Å²) in [6.45, 7) is 4.98. The fraction of sp³-hybridized carbons (Fsp3) is 0.360. The lowest BCUT2D eigenvalue weighted by Crippen LogP contribution is -2.40. The first kappa shape index (κ1) is 24.0. The van der Waals surface area contributed by atoms with Crippen molar-refractivity contribution in [1.29, 1.82) is 0 Å². The van der Waals surface area contributed by atoms with E-state index in [1.54, 1.807) is 20.8 Å². The van der Waals surface area contributed by atoms with Gasteiger partial charge < -0.3 is 13.9 Å². The number of ether oxygens (including phenoxy) is 2. The lowest BCUT2D eigenvalue weighted by atomic mass is 10.0. The Morgan fingerprint density at radius 2 is 1.79 bits per heavy atom. The summed E-state index contributed by atoms with van der Waals surface area (Å²) >= 11 is 0. The molecule has 34 heavy (non-hydrogen) atoms. The van der Waals surface area contributed by atoms with E-state index < -0.39 is 27.2 Å². The molecule has 1 N–H and O–H groups in total. The molecule has 0 radical (unpaired) electrons. The molecule has 0 amide bonds. The monoisotopic (exact) mass is 485 g/mol. The lowest BCUT2D eigenvalue weighted by molar-refractivity contribution is 0.0473. The average molecular weight is 486 g/mol. The van der Waals surface area contributed by atoms with Gasteiger partial charge in [-0.1, -0.05) is 0 Å². The van der Waals surface area contributed by atoms with E-state index in [0.717, 1.165) is 24.6 Å². The Bertz CT molecular complexity index is 1430. The molecule has 1 aliphatic rings. The number of esters is 1. The van der Waals surface area contributed by atoms with Crippen molar-refractivity contribution in [3.8, 4) is 5.75 Å². The van der Waals surface area contributed by atoms with Crippen LogP contribution in [0.3, 0.4) is 0 Å². The molecular formula is C25H27NO7S. The minimum absolute atomic E-state index is 0.0447. The number of carbonyl (C=O) groups is 1. The van der Waals surface area contributed by atoms with Crippen molar-refractivity contribution in [2.24, 2.45) is 0 Å². The molecule has 180 valence electrons. The van der Waals surface area contributed by atoms with E-state index in [2.05, 4.69) is 4.72 Å². The first-order chi connectivity index (χ1) is 16.0. The van der Waals surface area contributed by atoms with Crippen molar-refractivity contribution >= 4 is 27.0 Å². The van der Waals surface area contributed by atoms with E-state index in [4.69, 9.17) is 13.9 Å². The number of aryl methyl sites for hydroxylation is 2. The summed E-state index contributed by atoms with van der Waals surface area (Å²) in [6.07, 6.45) is 2.95. The molecule has 1 aliphatic carbocycles. The van der Waals surface area contributed by atoms with Crippen LogP contribution in [-0.4, -0.2) is 27.0 Å². The van der Waals surface area contributed by atoms with Gasteiger partial charge in [0.25, 0.3) is 0 Å². The second-order valence-corrected chi connectivity index (χ2v) is 11.0.